The van der Waals surface area contributed by atoms with E-state index in [0.29, 0.717) is 13.0 Å². The van der Waals surface area contributed by atoms with Gasteiger partial charge in [-0.2, -0.15) is 0 Å². The molecule has 0 amide bonds. The van der Waals surface area contributed by atoms with Crippen LogP contribution in [-0.4, -0.2) is 15.6 Å². The molecule has 0 aliphatic heterocycles. The summed E-state index contributed by atoms with van der Waals surface area (Å²) in [6.45, 7) is 6.04. The van der Waals surface area contributed by atoms with Gasteiger partial charge < -0.3 is 9.67 Å². The van der Waals surface area contributed by atoms with E-state index in [0.717, 1.165) is 16.8 Å². The summed E-state index contributed by atoms with van der Waals surface area (Å²) in [5, 5.41) is 9.04. The third-order valence-electron chi connectivity index (χ3n) is 3.60. The van der Waals surface area contributed by atoms with Crippen molar-refractivity contribution < 1.29 is 9.90 Å². The maximum Gasteiger partial charge on any atom is 0.335 e. The van der Waals surface area contributed by atoms with Gasteiger partial charge in [-0.15, -0.1) is 0 Å². The van der Waals surface area contributed by atoms with E-state index in [4.69, 9.17) is 16.7 Å². The van der Waals surface area contributed by atoms with Gasteiger partial charge in [0.25, 0.3) is 5.56 Å². The summed E-state index contributed by atoms with van der Waals surface area (Å²) in [6.07, 6.45) is 2.27. The van der Waals surface area contributed by atoms with Crippen LogP contribution in [0.15, 0.2) is 41.7 Å². The molecule has 1 heterocycles. The number of carboxylic acids is 1. The minimum absolute atomic E-state index is 0.168. The SMILES string of the molecule is C=Cc1cc(Cl)c(=O)n(CCc2ccc(C(=O)O)cc2)c1C. The maximum atomic E-state index is 12.1. The lowest BCUT2D eigenvalue weighted by atomic mass is 10.1. The number of hydrogen-bond acceptors (Lipinski definition) is 2. The number of aromatic nitrogens is 1. The molecule has 0 aliphatic rings. The molecule has 22 heavy (non-hydrogen) atoms. The molecule has 0 saturated carbocycles. The average molecular weight is 318 g/mol. The van der Waals surface area contributed by atoms with Crippen molar-refractivity contribution >= 4 is 23.6 Å². The predicted octanol–water partition coefficient (Wildman–Crippen LogP) is 3.39. The lowest BCUT2D eigenvalue weighted by molar-refractivity contribution is 0.0697. The Balaban J connectivity index is 2.25. The van der Waals surface area contributed by atoms with Crippen LogP contribution in [-0.2, 0) is 13.0 Å². The van der Waals surface area contributed by atoms with Crippen molar-refractivity contribution in [2.45, 2.75) is 19.9 Å². The van der Waals surface area contributed by atoms with Gasteiger partial charge in [0, 0.05) is 12.2 Å². The molecule has 0 atom stereocenters. The predicted molar refractivity (Wildman–Crippen MR) is 87.6 cm³/mol. The lowest BCUT2D eigenvalue weighted by Crippen LogP contribution is -2.24. The Hall–Kier alpha value is -2.33. The Bertz CT molecular complexity index is 776. The monoisotopic (exact) mass is 317 g/mol. The number of hydrogen-bond donors (Lipinski definition) is 1. The number of aromatic carboxylic acids is 1. The number of rotatable bonds is 5. The van der Waals surface area contributed by atoms with Crippen LogP contribution in [0.4, 0.5) is 0 Å². The van der Waals surface area contributed by atoms with E-state index >= 15 is 0 Å². The number of pyridine rings is 1. The fourth-order valence-corrected chi connectivity index (χ4v) is 2.49. The second-order valence-electron chi connectivity index (χ2n) is 4.95. The minimum atomic E-state index is -0.955. The summed E-state index contributed by atoms with van der Waals surface area (Å²) in [4.78, 5) is 23.0. The molecule has 0 aliphatic carbocycles. The normalized spacial score (nSPS) is 10.5. The summed E-state index contributed by atoms with van der Waals surface area (Å²) < 4.78 is 1.62. The van der Waals surface area contributed by atoms with Crippen molar-refractivity contribution in [2.24, 2.45) is 0 Å². The van der Waals surface area contributed by atoms with Gasteiger partial charge in [0.15, 0.2) is 0 Å². The van der Waals surface area contributed by atoms with Crippen LogP contribution in [0.1, 0.15) is 27.2 Å². The second-order valence-corrected chi connectivity index (χ2v) is 5.35. The number of halogens is 1. The highest BCUT2D eigenvalue weighted by Crippen LogP contribution is 2.14. The number of carboxylic acid groups (broad SMARTS) is 1. The third-order valence-corrected chi connectivity index (χ3v) is 3.87. The summed E-state index contributed by atoms with van der Waals surface area (Å²) in [5.41, 5.74) is 2.61. The van der Waals surface area contributed by atoms with Crippen molar-refractivity contribution in [3.05, 3.63) is 74.7 Å². The third kappa shape index (κ3) is 3.28. The summed E-state index contributed by atoms with van der Waals surface area (Å²) in [7, 11) is 0. The first kappa shape index (κ1) is 16.0. The number of benzene rings is 1. The van der Waals surface area contributed by atoms with Crippen molar-refractivity contribution in [3.63, 3.8) is 0 Å². The molecule has 0 unspecified atom stereocenters. The number of carbonyl (C=O) groups is 1. The Labute approximate surface area is 133 Å². The molecule has 1 aromatic carbocycles. The Kier molecular flexibility index (Phi) is 4.83. The van der Waals surface area contributed by atoms with Crippen LogP contribution >= 0.6 is 11.6 Å². The van der Waals surface area contributed by atoms with Crippen LogP contribution in [0.25, 0.3) is 6.08 Å². The molecule has 2 rings (SSSR count). The second kappa shape index (κ2) is 6.62. The van der Waals surface area contributed by atoms with Gasteiger partial charge in [-0.1, -0.05) is 36.4 Å². The largest absolute Gasteiger partial charge is 0.478 e. The molecule has 114 valence electrons. The quantitative estimate of drug-likeness (QED) is 0.919. The first-order valence-corrected chi connectivity index (χ1v) is 7.16. The van der Waals surface area contributed by atoms with Gasteiger partial charge in [-0.3, -0.25) is 4.79 Å². The van der Waals surface area contributed by atoms with E-state index < -0.39 is 5.97 Å². The van der Waals surface area contributed by atoms with Crippen LogP contribution in [0, 0.1) is 6.92 Å². The van der Waals surface area contributed by atoms with Crippen molar-refractivity contribution in [1.82, 2.24) is 4.57 Å². The van der Waals surface area contributed by atoms with E-state index in [1.165, 1.54) is 0 Å². The average Bonchev–Trinajstić information content (AvgIpc) is 2.51. The maximum absolute atomic E-state index is 12.1. The van der Waals surface area contributed by atoms with E-state index in [2.05, 4.69) is 6.58 Å². The molecule has 0 spiro atoms. The van der Waals surface area contributed by atoms with Crippen LogP contribution in [0.2, 0.25) is 5.02 Å². The zero-order chi connectivity index (χ0) is 16.3. The lowest BCUT2D eigenvalue weighted by Gasteiger charge is -2.13. The zero-order valence-corrected chi connectivity index (χ0v) is 12.9. The topological polar surface area (TPSA) is 59.3 Å². The first-order valence-electron chi connectivity index (χ1n) is 6.78. The zero-order valence-electron chi connectivity index (χ0n) is 12.2. The van der Waals surface area contributed by atoms with Gasteiger partial charge in [0.05, 0.1) is 5.56 Å². The Morgan fingerprint density at radius 1 is 1.36 bits per heavy atom. The highest BCUT2D eigenvalue weighted by atomic mass is 35.5. The van der Waals surface area contributed by atoms with E-state index in [1.54, 1.807) is 41.0 Å². The Morgan fingerprint density at radius 3 is 2.55 bits per heavy atom. The van der Waals surface area contributed by atoms with Crippen molar-refractivity contribution in [2.75, 3.05) is 0 Å². The highest BCUT2D eigenvalue weighted by Gasteiger charge is 2.09. The fourth-order valence-electron chi connectivity index (χ4n) is 2.27. The van der Waals surface area contributed by atoms with Gasteiger partial charge in [-0.25, -0.2) is 4.79 Å². The van der Waals surface area contributed by atoms with Crippen LogP contribution in [0.3, 0.4) is 0 Å². The molecule has 0 fully saturated rings. The molecule has 2 aromatic rings. The van der Waals surface area contributed by atoms with E-state index in [1.807, 2.05) is 6.92 Å². The van der Waals surface area contributed by atoms with Crippen LogP contribution in [0.5, 0.6) is 0 Å². The van der Waals surface area contributed by atoms with Crippen molar-refractivity contribution in [3.8, 4) is 0 Å². The minimum Gasteiger partial charge on any atom is -0.478 e. The number of aryl methyl sites for hydroxylation is 1. The molecule has 0 saturated heterocycles. The fraction of sp³-hybridized carbons (Fsp3) is 0.176. The molecule has 0 bridgehead atoms. The number of nitrogens with zero attached hydrogens (tertiary/aromatic N) is 1. The van der Waals surface area contributed by atoms with Gasteiger partial charge in [0.1, 0.15) is 5.02 Å². The molecular weight excluding hydrogens is 302 g/mol. The summed E-state index contributed by atoms with van der Waals surface area (Å²) >= 11 is 5.96. The van der Waals surface area contributed by atoms with Crippen molar-refractivity contribution in [1.29, 1.82) is 0 Å². The molecule has 0 radical (unpaired) electrons. The Morgan fingerprint density at radius 2 is 2.00 bits per heavy atom. The van der Waals surface area contributed by atoms with E-state index in [-0.39, 0.29) is 16.1 Å². The molecule has 4 nitrogen and oxygen atoms in total. The molecule has 5 heteroatoms. The summed E-state index contributed by atoms with van der Waals surface area (Å²) in [6, 6.07) is 8.23. The highest BCUT2D eigenvalue weighted by molar-refractivity contribution is 6.30. The van der Waals surface area contributed by atoms with E-state index in [9.17, 15) is 9.59 Å². The molecule has 1 aromatic heterocycles. The molecule has 1 N–H and O–H groups in total. The first-order chi connectivity index (χ1) is 10.4. The summed E-state index contributed by atoms with van der Waals surface area (Å²) in [5.74, 6) is -0.955. The van der Waals surface area contributed by atoms with Gasteiger partial charge in [0.2, 0.25) is 0 Å². The van der Waals surface area contributed by atoms with Crippen LogP contribution < -0.4 is 5.56 Å². The van der Waals surface area contributed by atoms with Gasteiger partial charge >= 0.3 is 5.97 Å². The van der Waals surface area contributed by atoms with Gasteiger partial charge in [-0.05, 0) is 42.7 Å². The molecular formula is C17H16ClNO3. The standard InChI is InChI=1S/C17H16ClNO3/c1-3-13-10-15(18)16(20)19(11(13)2)9-8-12-4-6-14(7-5-12)17(21)22/h3-7,10H,1,8-9H2,2H3,(H,21,22). The smallest absolute Gasteiger partial charge is 0.335 e.